The van der Waals surface area contributed by atoms with E-state index in [4.69, 9.17) is 19.6 Å². The van der Waals surface area contributed by atoms with Crippen molar-refractivity contribution in [2.24, 2.45) is 5.73 Å². The summed E-state index contributed by atoms with van der Waals surface area (Å²) in [5.41, 5.74) is 4.56. The molecular weight excluding hydrogens is 224 g/mol. The Kier molecular flexibility index (Phi) is 3.81. The molecule has 0 saturated heterocycles. The summed E-state index contributed by atoms with van der Waals surface area (Å²) in [5, 5.41) is -2.34. The Hall–Kier alpha value is -0.230. The third-order valence-electron chi connectivity index (χ3n) is 1.16. The van der Waals surface area contributed by atoms with Crippen LogP contribution >= 0.6 is 15.2 Å². The number of hydrogen-bond donors (Lipinski definition) is 5. The molecule has 0 aliphatic heterocycles. The second-order valence-corrected chi connectivity index (χ2v) is 6.34. The fraction of sp³-hybridized carbons (Fsp3) is 0.667. The Morgan fingerprint density at radius 2 is 1.46 bits per heavy atom. The van der Waals surface area contributed by atoms with Crippen LogP contribution in [0.1, 0.15) is 6.42 Å². The molecule has 10 heteroatoms. The van der Waals surface area contributed by atoms with Crippen molar-refractivity contribution in [3.05, 3.63) is 0 Å². The van der Waals surface area contributed by atoms with Crippen molar-refractivity contribution in [2.45, 2.75) is 11.8 Å². The van der Waals surface area contributed by atoms with Gasteiger partial charge >= 0.3 is 15.2 Å². The van der Waals surface area contributed by atoms with Crippen LogP contribution in [-0.2, 0) is 13.9 Å². The van der Waals surface area contributed by atoms with Crippen LogP contribution < -0.4 is 5.73 Å². The van der Waals surface area contributed by atoms with E-state index in [2.05, 4.69) is 5.73 Å². The molecule has 0 fully saturated rings. The molecule has 0 atom stereocenters. The normalized spacial score (nSPS) is 13.3. The van der Waals surface area contributed by atoms with Gasteiger partial charge in [0.2, 0.25) is 5.91 Å². The molecule has 0 aliphatic rings. The lowest BCUT2D eigenvalue weighted by atomic mass is 10.5. The monoisotopic (exact) mass is 233 g/mol. The predicted molar refractivity (Wildman–Crippen MR) is 41.7 cm³/mol. The highest BCUT2D eigenvalue weighted by molar-refractivity contribution is 7.70. The van der Waals surface area contributed by atoms with E-state index < -0.39 is 32.9 Å². The van der Waals surface area contributed by atoms with E-state index in [1.54, 1.807) is 0 Å². The third-order valence-corrected chi connectivity index (χ3v) is 4.88. The number of primary amides is 1. The van der Waals surface area contributed by atoms with Crippen LogP contribution in [0.25, 0.3) is 0 Å². The summed E-state index contributed by atoms with van der Waals surface area (Å²) in [7, 11) is -10.0. The van der Waals surface area contributed by atoms with Gasteiger partial charge < -0.3 is 25.3 Å². The standard InChI is InChI=1S/C3H9NO7P2/c4-2(5)1-3(12(6,7)8)13(9,10)11/h3H,1H2,(H2,4,5)(H2,6,7,8)(H2,9,10,11). The van der Waals surface area contributed by atoms with Crippen molar-refractivity contribution in [2.75, 3.05) is 0 Å². The van der Waals surface area contributed by atoms with Crippen LogP contribution in [0.5, 0.6) is 0 Å². The first-order valence-electron chi connectivity index (χ1n) is 2.94. The summed E-state index contributed by atoms with van der Waals surface area (Å²) in [6.07, 6.45) is -1.05. The summed E-state index contributed by atoms with van der Waals surface area (Å²) >= 11 is 0. The lowest BCUT2D eigenvalue weighted by Gasteiger charge is -2.17. The zero-order valence-electron chi connectivity index (χ0n) is 6.27. The second kappa shape index (κ2) is 3.88. The molecule has 1 amide bonds. The lowest BCUT2D eigenvalue weighted by Crippen LogP contribution is -2.20. The summed E-state index contributed by atoms with van der Waals surface area (Å²) in [4.78, 5) is 44.1. The van der Waals surface area contributed by atoms with Gasteiger partial charge in [-0.25, -0.2) is 0 Å². The lowest BCUT2D eigenvalue weighted by molar-refractivity contribution is -0.117. The molecule has 0 spiro atoms. The highest BCUT2D eigenvalue weighted by atomic mass is 31.2. The molecule has 0 heterocycles. The van der Waals surface area contributed by atoms with Gasteiger partial charge in [0.25, 0.3) is 0 Å². The van der Waals surface area contributed by atoms with E-state index in [1.807, 2.05) is 0 Å². The summed E-state index contributed by atoms with van der Waals surface area (Å²) < 4.78 is 21.0. The second-order valence-electron chi connectivity index (χ2n) is 2.33. The number of hydrogen-bond acceptors (Lipinski definition) is 3. The first kappa shape index (κ1) is 12.8. The minimum absolute atomic E-state index is 1.05. The van der Waals surface area contributed by atoms with Gasteiger partial charge in [-0.05, 0) is 0 Å². The highest BCUT2D eigenvalue weighted by Crippen LogP contribution is 2.61. The molecule has 0 aliphatic carbocycles. The van der Waals surface area contributed by atoms with Crippen molar-refractivity contribution in [3.63, 3.8) is 0 Å². The molecule has 0 bridgehead atoms. The minimum Gasteiger partial charge on any atom is -0.370 e. The first-order valence-corrected chi connectivity index (χ1v) is 6.30. The van der Waals surface area contributed by atoms with Gasteiger partial charge in [-0.15, -0.1) is 0 Å². The van der Waals surface area contributed by atoms with Gasteiger partial charge in [0.05, 0.1) is 6.42 Å². The molecule has 0 unspecified atom stereocenters. The molecule has 0 radical (unpaired) electrons. The number of rotatable bonds is 4. The fourth-order valence-electron chi connectivity index (χ4n) is 0.614. The third kappa shape index (κ3) is 4.52. The zero-order valence-corrected chi connectivity index (χ0v) is 8.06. The van der Waals surface area contributed by atoms with Crippen LogP contribution in [0.2, 0.25) is 0 Å². The maximum absolute atomic E-state index is 10.5. The predicted octanol–water partition coefficient (Wildman–Crippen LogP) is -1.46. The SMILES string of the molecule is NC(=O)CC(P(=O)(O)O)P(=O)(O)O. The molecular formula is C3H9NO7P2. The Labute approximate surface area is 73.1 Å². The minimum atomic E-state index is -5.02. The molecule has 0 aromatic heterocycles. The van der Waals surface area contributed by atoms with E-state index in [9.17, 15) is 13.9 Å². The van der Waals surface area contributed by atoms with Gasteiger partial charge in [-0.1, -0.05) is 0 Å². The molecule has 0 rings (SSSR count). The number of carbonyl (C=O) groups is 1. The molecule has 0 aromatic carbocycles. The molecule has 0 saturated carbocycles. The maximum Gasteiger partial charge on any atom is 0.341 e. The van der Waals surface area contributed by atoms with E-state index in [0.717, 1.165) is 0 Å². The molecule has 6 N–H and O–H groups in total. The van der Waals surface area contributed by atoms with Crippen molar-refractivity contribution in [3.8, 4) is 0 Å². The van der Waals surface area contributed by atoms with Crippen molar-refractivity contribution in [1.29, 1.82) is 0 Å². The van der Waals surface area contributed by atoms with Crippen LogP contribution in [0.3, 0.4) is 0 Å². The quantitative estimate of drug-likeness (QED) is 0.371. The number of amides is 1. The van der Waals surface area contributed by atoms with Crippen LogP contribution in [0.4, 0.5) is 0 Å². The van der Waals surface area contributed by atoms with Gasteiger partial charge in [-0.3, -0.25) is 13.9 Å². The first-order chi connectivity index (χ1) is 5.55. The largest absolute Gasteiger partial charge is 0.370 e. The van der Waals surface area contributed by atoms with Crippen LogP contribution in [0, 0.1) is 0 Å². The van der Waals surface area contributed by atoms with Gasteiger partial charge in [-0.2, -0.15) is 0 Å². The Morgan fingerprint density at radius 3 is 1.54 bits per heavy atom. The van der Waals surface area contributed by atoms with Crippen molar-refractivity contribution < 1.29 is 33.5 Å². The van der Waals surface area contributed by atoms with Crippen molar-refractivity contribution >= 4 is 21.1 Å². The molecule has 78 valence electrons. The summed E-state index contributed by atoms with van der Waals surface area (Å²) in [6, 6.07) is 0. The summed E-state index contributed by atoms with van der Waals surface area (Å²) in [5.74, 6) is -1.18. The van der Waals surface area contributed by atoms with Crippen LogP contribution in [0.15, 0.2) is 0 Å². The highest BCUT2D eigenvalue weighted by Gasteiger charge is 2.44. The Bertz CT molecular complexity index is 266. The average molecular weight is 233 g/mol. The molecule has 8 nitrogen and oxygen atoms in total. The average Bonchev–Trinajstić information content (AvgIpc) is 1.77. The fourth-order valence-corrected chi connectivity index (χ4v) is 3.02. The van der Waals surface area contributed by atoms with Gasteiger partial charge in [0, 0.05) is 0 Å². The smallest absolute Gasteiger partial charge is 0.341 e. The molecule has 0 aromatic rings. The number of carbonyl (C=O) groups excluding carboxylic acids is 1. The molecule has 13 heavy (non-hydrogen) atoms. The number of nitrogens with two attached hydrogens (primary N) is 1. The zero-order chi connectivity index (χ0) is 10.9. The van der Waals surface area contributed by atoms with Crippen LogP contribution in [-0.4, -0.2) is 30.9 Å². The maximum atomic E-state index is 10.5. The van der Waals surface area contributed by atoms with E-state index in [-0.39, 0.29) is 0 Å². The van der Waals surface area contributed by atoms with Crippen molar-refractivity contribution in [1.82, 2.24) is 0 Å². The Morgan fingerprint density at radius 1 is 1.15 bits per heavy atom. The van der Waals surface area contributed by atoms with Gasteiger partial charge in [0.15, 0.2) is 5.40 Å². The summed E-state index contributed by atoms with van der Waals surface area (Å²) in [6.45, 7) is 0. The topological polar surface area (TPSA) is 158 Å². The van der Waals surface area contributed by atoms with E-state index in [1.165, 1.54) is 0 Å². The van der Waals surface area contributed by atoms with Gasteiger partial charge in [0.1, 0.15) is 0 Å². The van der Waals surface area contributed by atoms with E-state index in [0.29, 0.717) is 0 Å². The Balaban J connectivity index is 4.90. The van der Waals surface area contributed by atoms with E-state index >= 15 is 0 Å².